The van der Waals surface area contributed by atoms with Gasteiger partial charge in [0.25, 0.3) is 0 Å². The maximum absolute atomic E-state index is 4.61. The lowest BCUT2D eigenvalue weighted by Gasteiger charge is -2.29. The second kappa shape index (κ2) is 8.85. The third-order valence-electron chi connectivity index (χ3n) is 4.10. The molecule has 0 spiro atoms. The summed E-state index contributed by atoms with van der Waals surface area (Å²) in [6, 6.07) is 0. The molecule has 0 atom stereocenters. The molecule has 21 heavy (non-hydrogen) atoms. The van der Waals surface area contributed by atoms with E-state index in [1.165, 1.54) is 18.4 Å². The van der Waals surface area contributed by atoms with Crippen LogP contribution >= 0.6 is 0 Å². The fourth-order valence-electron chi connectivity index (χ4n) is 2.70. The number of nitrogens with one attached hydrogen (secondary N) is 1. The summed E-state index contributed by atoms with van der Waals surface area (Å²) in [5.74, 6) is 3.22. The van der Waals surface area contributed by atoms with Gasteiger partial charge in [0.1, 0.15) is 18.0 Å². The Morgan fingerprint density at radius 1 is 1.10 bits per heavy atom. The van der Waals surface area contributed by atoms with Crippen LogP contribution in [0.5, 0.6) is 0 Å². The van der Waals surface area contributed by atoms with Gasteiger partial charge in [0.2, 0.25) is 0 Å². The Hall–Kier alpha value is -1.32. The van der Waals surface area contributed by atoms with Crippen molar-refractivity contribution < 1.29 is 0 Å². The zero-order chi connectivity index (χ0) is 15.8. The van der Waals surface area contributed by atoms with E-state index in [0.29, 0.717) is 5.92 Å². The summed E-state index contributed by atoms with van der Waals surface area (Å²) in [6.45, 7) is 16.2. The van der Waals surface area contributed by atoms with E-state index < -0.39 is 0 Å². The Morgan fingerprint density at radius 3 is 2.24 bits per heavy atom. The average Bonchev–Trinajstić information content (AvgIpc) is 2.48. The van der Waals surface area contributed by atoms with E-state index in [-0.39, 0.29) is 0 Å². The van der Waals surface area contributed by atoms with Gasteiger partial charge in [-0.05, 0) is 25.7 Å². The fourth-order valence-corrected chi connectivity index (χ4v) is 2.70. The third-order valence-corrected chi connectivity index (χ3v) is 4.10. The number of hydrogen-bond acceptors (Lipinski definition) is 4. The Kier molecular flexibility index (Phi) is 7.48. The van der Waals surface area contributed by atoms with Crippen LogP contribution in [-0.2, 0) is 0 Å². The number of nitrogens with zero attached hydrogens (tertiary/aromatic N) is 3. The van der Waals surface area contributed by atoms with Crippen LogP contribution < -0.4 is 10.2 Å². The molecule has 0 aromatic carbocycles. The molecule has 0 aliphatic rings. The first kappa shape index (κ1) is 17.7. The summed E-state index contributed by atoms with van der Waals surface area (Å²) in [7, 11) is 0. The third kappa shape index (κ3) is 4.58. The van der Waals surface area contributed by atoms with Gasteiger partial charge in [-0.2, -0.15) is 0 Å². The Morgan fingerprint density at radius 2 is 1.76 bits per heavy atom. The standard InChI is InChI=1S/C17H32N4/c1-7-14(8-2)11-21(10-4)17-15(13(5)6)16(18-9-3)19-12-20-17/h12-14H,7-11H2,1-6H3,(H,18,19,20). The van der Waals surface area contributed by atoms with Crippen molar-refractivity contribution in [3.63, 3.8) is 0 Å². The summed E-state index contributed by atoms with van der Waals surface area (Å²) in [6.07, 6.45) is 4.12. The normalized spacial score (nSPS) is 11.2. The van der Waals surface area contributed by atoms with Crippen molar-refractivity contribution in [2.45, 2.75) is 60.3 Å². The molecule has 0 amide bonds. The highest BCUT2D eigenvalue weighted by Crippen LogP contribution is 2.31. The van der Waals surface area contributed by atoms with E-state index in [9.17, 15) is 0 Å². The van der Waals surface area contributed by atoms with Crippen LogP contribution in [0.4, 0.5) is 11.6 Å². The minimum absolute atomic E-state index is 0.408. The molecule has 0 aliphatic heterocycles. The topological polar surface area (TPSA) is 41.1 Å². The molecule has 120 valence electrons. The lowest BCUT2D eigenvalue weighted by atomic mass is 10.0. The summed E-state index contributed by atoms with van der Waals surface area (Å²) >= 11 is 0. The predicted molar refractivity (Wildman–Crippen MR) is 92.2 cm³/mol. The van der Waals surface area contributed by atoms with Crippen molar-refractivity contribution in [3.05, 3.63) is 11.9 Å². The number of anilines is 2. The van der Waals surface area contributed by atoms with Gasteiger partial charge in [-0.25, -0.2) is 9.97 Å². The van der Waals surface area contributed by atoms with E-state index >= 15 is 0 Å². The quantitative estimate of drug-likeness (QED) is 0.737. The van der Waals surface area contributed by atoms with Crippen molar-refractivity contribution in [1.82, 2.24) is 9.97 Å². The predicted octanol–water partition coefficient (Wildman–Crippen LogP) is 4.29. The van der Waals surface area contributed by atoms with Gasteiger partial charge < -0.3 is 10.2 Å². The molecular weight excluding hydrogens is 260 g/mol. The Balaban J connectivity index is 3.15. The van der Waals surface area contributed by atoms with Gasteiger partial charge in [0.05, 0.1) is 0 Å². The summed E-state index contributed by atoms with van der Waals surface area (Å²) < 4.78 is 0. The SMILES string of the molecule is CCNc1ncnc(N(CC)CC(CC)CC)c1C(C)C. The zero-order valence-corrected chi connectivity index (χ0v) is 14.6. The van der Waals surface area contributed by atoms with Crippen LogP contribution in [0.15, 0.2) is 6.33 Å². The molecule has 0 radical (unpaired) electrons. The molecule has 1 aromatic heterocycles. The summed E-state index contributed by atoms with van der Waals surface area (Å²) in [4.78, 5) is 11.5. The van der Waals surface area contributed by atoms with E-state index in [0.717, 1.165) is 37.2 Å². The first-order valence-corrected chi connectivity index (χ1v) is 8.42. The second-order valence-corrected chi connectivity index (χ2v) is 5.87. The molecule has 1 aromatic rings. The molecule has 1 heterocycles. The largest absolute Gasteiger partial charge is 0.370 e. The smallest absolute Gasteiger partial charge is 0.137 e. The van der Waals surface area contributed by atoms with Crippen molar-refractivity contribution in [2.75, 3.05) is 29.9 Å². The monoisotopic (exact) mass is 292 g/mol. The fraction of sp³-hybridized carbons (Fsp3) is 0.765. The van der Waals surface area contributed by atoms with Crippen molar-refractivity contribution >= 4 is 11.6 Å². The molecule has 0 saturated heterocycles. The first-order chi connectivity index (χ1) is 10.1. The highest BCUT2D eigenvalue weighted by molar-refractivity contribution is 5.60. The van der Waals surface area contributed by atoms with Crippen LogP contribution in [0.1, 0.15) is 65.9 Å². The van der Waals surface area contributed by atoms with Crippen LogP contribution in [0.25, 0.3) is 0 Å². The van der Waals surface area contributed by atoms with Gasteiger partial charge in [0.15, 0.2) is 0 Å². The Labute approximate surface area is 130 Å². The molecule has 1 N–H and O–H groups in total. The maximum Gasteiger partial charge on any atom is 0.137 e. The average molecular weight is 292 g/mol. The van der Waals surface area contributed by atoms with Crippen molar-refractivity contribution in [2.24, 2.45) is 5.92 Å². The van der Waals surface area contributed by atoms with E-state index in [4.69, 9.17) is 0 Å². The highest BCUT2D eigenvalue weighted by atomic mass is 15.2. The molecular formula is C17H32N4. The molecule has 0 saturated carbocycles. The molecule has 4 heteroatoms. The lowest BCUT2D eigenvalue weighted by Crippen LogP contribution is -2.31. The van der Waals surface area contributed by atoms with Crippen LogP contribution in [0.2, 0.25) is 0 Å². The second-order valence-electron chi connectivity index (χ2n) is 5.87. The minimum Gasteiger partial charge on any atom is -0.370 e. The van der Waals surface area contributed by atoms with Gasteiger partial charge in [-0.3, -0.25) is 0 Å². The van der Waals surface area contributed by atoms with Gasteiger partial charge in [-0.15, -0.1) is 0 Å². The highest BCUT2D eigenvalue weighted by Gasteiger charge is 2.20. The molecule has 0 aliphatic carbocycles. The number of aromatic nitrogens is 2. The van der Waals surface area contributed by atoms with Gasteiger partial charge >= 0.3 is 0 Å². The molecule has 0 fully saturated rings. The number of hydrogen-bond donors (Lipinski definition) is 1. The molecule has 0 bridgehead atoms. The van der Waals surface area contributed by atoms with Gasteiger partial charge in [-0.1, -0.05) is 40.5 Å². The first-order valence-electron chi connectivity index (χ1n) is 8.42. The van der Waals surface area contributed by atoms with E-state index in [2.05, 4.69) is 61.7 Å². The minimum atomic E-state index is 0.408. The Bertz CT molecular complexity index is 413. The molecule has 4 nitrogen and oxygen atoms in total. The van der Waals surface area contributed by atoms with E-state index in [1.54, 1.807) is 6.33 Å². The summed E-state index contributed by atoms with van der Waals surface area (Å²) in [5, 5.41) is 3.38. The van der Waals surface area contributed by atoms with Crippen LogP contribution in [0, 0.1) is 5.92 Å². The maximum atomic E-state index is 4.61. The van der Waals surface area contributed by atoms with Crippen molar-refractivity contribution in [1.29, 1.82) is 0 Å². The lowest BCUT2D eigenvalue weighted by molar-refractivity contribution is 0.483. The zero-order valence-electron chi connectivity index (χ0n) is 14.6. The van der Waals surface area contributed by atoms with Crippen molar-refractivity contribution in [3.8, 4) is 0 Å². The molecule has 1 rings (SSSR count). The summed E-state index contributed by atoms with van der Waals surface area (Å²) in [5.41, 5.74) is 1.24. The van der Waals surface area contributed by atoms with E-state index in [1.807, 2.05) is 0 Å². The van der Waals surface area contributed by atoms with Crippen LogP contribution in [-0.4, -0.2) is 29.6 Å². The molecule has 0 unspecified atom stereocenters. The van der Waals surface area contributed by atoms with Gasteiger partial charge in [0, 0.05) is 25.2 Å². The number of rotatable bonds is 9. The van der Waals surface area contributed by atoms with Crippen LogP contribution in [0.3, 0.4) is 0 Å².